The number of rotatable bonds is 2. The van der Waals surface area contributed by atoms with Crippen molar-refractivity contribution in [2.24, 2.45) is 0 Å². The third-order valence-electron chi connectivity index (χ3n) is 3.06. The van der Waals surface area contributed by atoms with Crippen LogP contribution >= 0.6 is 11.6 Å². The Hall–Kier alpha value is -1.65. The zero-order valence-electron chi connectivity index (χ0n) is 10.1. The molecule has 0 radical (unpaired) electrons. The Labute approximate surface area is 115 Å². The first-order chi connectivity index (χ1) is 9.24. The lowest BCUT2D eigenvalue weighted by atomic mass is 10.1. The van der Waals surface area contributed by atoms with E-state index in [1.165, 1.54) is 0 Å². The van der Waals surface area contributed by atoms with E-state index >= 15 is 0 Å². The van der Waals surface area contributed by atoms with Crippen LogP contribution in [-0.4, -0.2) is 30.3 Å². The summed E-state index contributed by atoms with van der Waals surface area (Å²) >= 11 is 6.08. The van der Waals surface area contributed by atoms with Crippen molar-refractivity contribution in [3.05, 3.63) is 41.2 Å². The minimum atomic E-state index is -0.455. The van der Waals surface area contributed by atoms with Crippen molar-refractivity contribution in [3.63, 3.8) is 0 Å². The molecule has 4 nitrogen and oxygen atoms in total. The van der Waals surface area contributed by atoms with E-state index in [1.807, 2.05) is 24.3 Å². The van der Waals surface area contributed by atoms with E-state index in [0.29, 0.717) is 18.4 Å². The zero-order chi connectivity index (χ0) is 13.2. The van der Waals surface area contributed by atoms with Gasteiger partial charge in [-0.25, -0.2) is 9.78 Å². The van der Waals surface area contributed by atoms with Crippen LogP contribution in [0.3, 0.4) is 0 Å². The monoisotopic (exact) mass is 277 g/mol. The first-order valence-corrected chi connectivity index (χ1v) is 6.46. The summed E-state index contributed by atoms with van der Waals surface area (Å²) in [6, 6.07) is 9.21. The summed E-state index contributed by atoms with van der Waals surface area (Å²) in [6.07, 6.45) is 0.548. The lowest BCUT2D eigenvalue weighted by Crippen LogP contribution is -2.19. The molecular formula is C14H12ClNO3. The maximum atomic E-state index is 12.0. The van der Waals surface area contributed by atoms with Crippen LogP contribution in [0.1, 0.15) is 16.9 Å². The van der Waals surface area contributed by atoms with Gasteiger partial charge in [0.1, 0.15) is 11.3 Å². The third kappa shape index (κ3) is 2.55. The highest BCUT2D eigenvalue weighted by Gasteiger charge is 2.22. The molecule has 0 spiro atoms. The van der Waals surface area contributed by atoms with Gasteiger partial charge in [-0.05, 0) is 11.5 Å². The molecule has 98 valence electrons. The van der Waals surface area contributed by atoms with E-state index in [1.54, 1.807) is 6.07 Å². The van der Waals surface area contributed by atoms with Gasteiger partial charge in [-0.1, -0.05) is 35.9 Å². The van der Waals surface area contributed by atoms with E-state index in [0.717, 1.165) is 17.2 Å². The maximum Gasteiger partial charge on any atom is 0.357 e. The van der Waals surface area contributed by atoms with Gasteiger partial charge in [-0.3, -0.25) is 0 Å². The molecule has 1 aliphatic rings. The molecule has 2 aromatic rings. The molecule has 2 heterocycles. The van der Waals surface area contributed by atoms with Crippen LogP contribution in [-0.2, 0) is 9.47 Å². The Balaban J connectivity index is 1.89. The van der Waals surface area contributed by atoms with Crippen LogP contribution in [0, 0.1) is 0 Å². The Bertz CT molecular complexity index is 623. The second-order valence-corrected chi connectivity index (χ2v) is 4.77. The third-order valence-corrected chi connectivity index (χ3v) is 3.35. The lowest BCUT2D eigenvalue weighted by molar-refractivity contribution is 0.0264. The fourth-order valence-corrected chi connectivity index (χ4v) is 2.34. The average Bonchev–Trinajstić information content (AvgIpc) is 2.91. The minimum absolute atomic E-state index is 0.181. The van der Waals surface area contributed by atoms with Crippen molar-refractivity contribution >= 4 is 28.3 Å². The molecule has 1 aromatic carbocycles. The summed E-state index contributed by atoms with van der Waals surface area (Å²) in [7, 11) is 0. The molecule has 1 unspecified atom stereocenters. The molecule has 0 N–H and O–H groups in total. The quantitative estimate of drug-likeness (QED) is 0.626. The Morgan fingerprint density at radius 2 is 2.26 bits per heavy atom. The van der Waals surface area contributed by atoms with Gasteiger partial charge in [0.15, 0.2) is 5.69 Å². The number of ether oxygens (including phenoxy) is 2. The average molecular weight is 278 g/mol. The molecular weight excluding hydrogens is 266 g/mol. The second-order valence-electron chi connectivity index (χ2n) is 4.41. The summed E-state index contributed by atoms with van der Waals surface area (Å²) in [5.74, 6) is -0.455. The van der Waals surface area contributed by atoms with Crippen LogP contribution in [0.15, 0.2) is 30.3 Å². The van der Waals surface area contributed by atoms with Gasteiger partial charge in [-0.2, -0.15) is 0 Å². The van der Waals surface area contributed by atoms with E-state index < -0.39 is 5.97 Å². The first-order valence-electron chi connectivity index (χ1n) is 6.08. The van der Waals surface area contributed by atoms with Gasteiger partial charge in [0.25, 0.3) is 0 Å². The first kappa shape index (κ1) is 12.4. The molecule has 0 amide bonds. The number of hydrogen-bond donors (Lipinski definition) is 0. The summed E-state index contributed by atoms with van der Waals surface area (Å²) in [5.41, 5.74) is 0.232. The van der Waals surface area contributed by atoms with Gasteiger partial charge in [0, 0.05) is 11.8 Å². The van der Waals surface area contributed by atoms with Crippen molar-refractivity contribution in [2.45, 2.75) is 12.5 Å². The lowest BCUT2D eigenvalue weighted by Gasteiger charge is -2.10. The number of carbonyl (C=O) groups excluding carboxylic acids is 1. The topological polar surface area (TPSA) is 48.4 Å². The number of benzene rings is 1. The molecule has 1 fully saturated rings. The standard InChI is InChI=1S/C14H12ClNO3/c15-13-11-4-2-1-3-9(11)7-12(16-13)14(17)19-10-5-6-18-8-10/h1-4,7,10H,5-6,8H2. The van der Waals surface area contributed by atoms with Gasteiger partial charge < -0.3 is 9.47 Å². The van der Waals surface area contributed by atoms with Gasteiger partial charge in [0.05, 0.1) is 13.2 Å². The highest BCUT2D eigenvalue weighted by Crippen LogP contribution is 2.23. The highest BCUT2D eigenvalue weighted by atomic mass is 35.5. The van der Waals surface area contributed by atoms with Crippen molar-refractivity contribution in [3.8, 4) is 0 Å². The molecule has 0 aliphatic carbocycles. The summed E-state index contributed by atoms with van der Waals surface area (Å²) in [6.45, 7) is 1.08. The maximum absolute atomic E-state index is 12.0. The number of carbonyl (C=O) groups is 1. The molecule has 1 aliphatic heterocycles. The van der Waals surface area contributed by atoms with Crippen LogP contribution in [0.5, 0.6) is 0 Å². The second kappa shape index (κ2) is 5.15. The predicted octanol–water partition coefficient (Wildman–Crippen LogP) is 2.83. The van der Waals surface area contributed by atoms with Crippen LogP contribution in [0.25, 0.3) is 10.8 Å². The fraction of sp³-hybridized carbons (Fsp3) is 0.286. The summed E-state index contributed by atoms with van der Waals surface area (Å²) in [4.78, 5) is 16.1. The van der Waals surface area contributed by atoms with E-state index in [9.17, 15) is 4.79 Å². The normalized spacial score (nSPS) is 18.7. The number of halogens is 1. The number of hydrogen-bond acceptors (Lipinski definition) is 4. The smallest absolute Gasteiger partial charge is 0.357 e. The van der Waals surface area contributed by atoms with Crippen molar-refractivity contribution < 1.29 is 14.3 Å². The van der Waals surface area contributed by atoms with E-state index in [4.69, 9.17) is 21.1 Å². The molecule has 5 heteroatoms. The highest BCUT2D eigenvalue weighted by molar-refractivity contribution is 6.34. The number of pyridine rings is 1. The summed E-state index contributed by atoms with van der Waals surface area (Å²) < 4.78 is 10.5. The number of esters is 1. The molecule has 3 rings (SSSR count). The fourth-order valence-electron chi connectivity index (χ4n) is 2.08. The van der Waals surface area contributed by atoms with E-state index in [-0.39, 0.29) is 11.8 Å². The van der Waals surface area contributed by atoms with Gasteiger partial charge in [-0.15, -0.1) is 0 Å². The van der Waals surface area contributed by atoms with Crippen LogP contribution < -0.4 is 0 Å². The Morgan fingerprint density at radius 1 is 1.42 bits per heavy atom. The molecule has 1 saturated heterocycles. The molecule has 0 bridgehead atoms. The minimum Gasteiger partial charge on any atom is -0.455 e. The van der Waals surface area contributed by atoms with Gasteiger partial charge in [0.2, 0.25) is 0 Å². The predicted molar refractivity (Wildman–Crippen MR) is 71.4 cm³/mol. The summed E-state index contributed by atoms with van der Waals surface area (Å²) in [5, 5.41) is 2.01. The van der Waals surface area contributed by atoms with Gasteiger partial charge >= 0.3 is 5.97 Å². The van der Waals surface area contributed by atoms with Crippen LogP contribution in [0.4, 0.5) is 0 Å². The molecule has 1 aromatic heterocycles. The van der Waals surface area contributed by atoms with Crippen molar-refractivity contribution in [1.82, 2.24) is 4.98 Å². The Morgan fingerprint density at radius 3 is 3.05 bits per heavy atom. The Kier molecular flexibility index (Phi) is 3.36. The van der Waals surface area contributed by atoms with Crippen molar-refractivity contribution in [2.75, 3.05) is 13.2 Å². The number of nitrogens with zero attached hydrogens (tertiary/aromatic N) is 1. The zero-order valence-corrected chi connectivity index (χ0v) is 10.9. The van der Waals surface area contributed by atoms with E-state index in [2.05, 4.69) is 4.98 Å². The largest absolute Gasteiger partial charge is 0.455 e. The number of fused-ring (bicyclic) bond motifs is 1. The van der Waals surface area contributed by atoms with Crippen LogP contribution in [0.2, 0.25) is 5.15 Å². The SMILES string of the molecule is O=C(OC1CCOC1)c1cc2ccccc2c(Cl)n1. The molecule has 0 saturated carbocycles. The number of aromatic nitrogens is 1. The molecule has 19 heavy (non-hydrogen) atoms. The van der Waals surface area contributed by atoms with Crippen molar-refractivity contribution in [1.29, 1.82) is 0 Å². The molecule has 1 atom stereocenters.